The van der Waals surface area contributed by atoms with E-state index in [2.05, 4.69) is 15.6 Å². The van der Waals surface area contributed by atoms with E-state index in [1.165, 1.54) is 24.3 Å². The van der Waals surface area contributed by atoms with E-state index in [1.807, 2.05) is 0 Å². The van der Waals surface area contributed by atoms with Crippen molar-refractivity contribution in [3.8, 4) is 0 Å². The second-order valence-electron chi connectivity index (χ2n) is 4.93. The molecule has 0 saturated carbocycles. The molecule has 12 heteroatoms. The number of hydrogen-bond acceptors (Lipinski definition) is 7. The van der Waals surface area contributed by atoms with Crippen molar-refractivity contribution in [3.05, 3.63) is 24.3 Å². The Morgan fingerprint density at radius 2 is 1.96 bits per heavy atom. The van der Waals surface area contributed by atoms with Crippen LogP contribution in [0.4, 0.5) is 5.69 Å². The van der Waals surface area contributed by atoms with Gasteiger partial charge in [0.2, 0.25) is 21.8 Å². The summed E-state index contributed by atoms with van der Waals surface area (Å²) in [5.41, 5.74) is 0.395. The van der Waals surface area contributed by atoms with Gasteiger partial charge in [0, 0.05) is 6.42 Å². The molecule has 0 radical (unpaired) electrons. The summed E-state index contributed by atoms with van der Waals surface area (Å²) < 4.78 is 22.4. The van der Waals surface area contributed by atoms with Crippen molar-refractivity contribution < 1.29 is 27.9 Å². The number of carboxylic acid groups (broad SMARTS) is 1. The molecule has 1 aliphatic rings. The van der Waals surface area contributed by atoms with E-state index in [9.17, 15) is 22.8 Å². The number of amidine groups is 1. The minimum absolute atomic E-state index is 0.0625. The molecule has 1 fully saturated rings. The number of nitrogens with zero attached hydrogens (tertiary/aromatic N) is 1. The molecule has 0 unspecified atom stereocenters. The lowest BCUT2D eigenvalue weighted by Gasteiger charge is -2.04. The zero-order chi connectivity index (χ0) is 18.6. The molecular formula is C13H14N4O6S2. The summed E-state index contributed by atoms with van der Waals surface area (Å²) in [6.45, 7) is -0.519. The number of thioether (sulfide) groups is 1. The molecule has 5 N–H and O–H groups in total. The molecule has 0 spiro atoms. The molecule has 0 aliphatic carbocycles. The number of aliphatic imine (C=N–C) groups is 1. The van der Waals surface area contributed by atoms with E-state index < -0.39 is 39.6 Å². The first kappa shape index (κ1) is 18.9. The van der Waals surface area contributed by atoms with Gasteiger partial charge < -0.3 is 15.7 Å². The molecule has 2 rings (SSSR count). The molecule has 0 bridgehead atoms. The average Bonchev–Trinajstić information content (AvgIpc) is 2.84. The maximum atomic E-state index is 11.8. The number of amides is 2. The van der Waals surface area contributed by atoms with Crippen LogP contribution in [0.1, 0.15) is 6.42 Å². The zero-order valence-corrected chi connectivity index (χ0v) is 14.3. The van der Waals surface area contributed by atoms with Gasteiger partial charge in [0.25, 0.3) is 0 Å². The Labute approximate surface area is 146 Å². The number of benzene rings is 1. The molecule has 1 aliphatic heterocycles. The van der Waals surface area contributed by atoms with Gasteiger partial charge in [0.05, 0.1) is 10.6 Å². The Bertz CT molecular complexity index is 835. The summed E-state index contributed by atoms with van der Waals surface area (Å²) >= 11 is 1.02. The van der Waals surface area contributed by atoms with Crippen LogP contribution in [0.25, 0.3) is 0 Å². The smallest absolute Gasteiger partial charge is 0.322 e. The topological polar surface area (TPSA) is 168 Å². The summed E-state index contributed by atoms with van der Waals surface area (Å²) in [5, 5.41) is 17.7. The molecular weight excluding hydrogens is 372 g/mol. The molecule has 10 nitrogen and oxygen atoms in total. The second-order valence-corrected chi connectivity index (χ2v) is 7.68. The SMILES string of the molecule is NS(=O)(=O)c1ccc(N=C2NC(=O)[C@H](CC(=O)NCC(=O)O)S2)cc1. The lowest BCUT2D eigenvalue weighted by molar-refractivity contribution is -0.137. The van der Waals surface area contributed by atoms with Gasteiger partial charge in [-0.2, -0.15) is 0 Å². The summed E-state index contributed by atoms with van der Waals surface area (Å²) in [6.07, 6.45) is -0.187. The molecule has 1 aromatic carbocycles. The van der Waals surface area contributed by atoms with E-state index in [-0.39, 0.29) is 16.5 Å². The largest absolute Gasteiger partial charge is 0.480 e. The highest BCUT2D eigenvalue weighted by Gasteiger charge is 2.32. The number of carboxylic acids is 1. The molecule has 25 heavy (non-hydrogen) atoms. The van der Waals surface area contributed by atoms with Gasteiger partial charge >= 0.3 is 5.97 Å². The van der Waals surface area contributed by atoms with Gasteiger partial charge in [-0.15, -0.1) is 0 Å². The van der Waals surface area contributed by atoms with E-state index in [0.29, 0.717) is 5.69 Å². The summed E-state index contributed by atoms with van der Waals surface area (Å²) in [6, 6.07) is 5.42. The fourth-order valence-corrected chi connectivity index (χ4v) is 3.34. The number of rotatable bonds is 6. The van der Waals surface area contributed by atoms with Crippen molar-refractivity contribution in [3.63, 3.8) is 0 Å². The van der Waals surface area contributed by atoms with Crippen LogP contribution in [0.3, 0.4) is 0 Å². The van der Waals surface area contributed by atoms with Gasteiger partial charge in [0.15, 0.2) is 5.17 Å². The normalized spacial score (nSPS) is 18.8. The minimum atomic E-state index is -3.80. The Kier molecular flexibility index (Phi) is 5.77. The van der Waals surface area contributed by atoms with Crippen LogP contribution in [0, 0.1) is 0 Å². The monoisotopic (exact) mass is 386 g/mol. The first-order valence-electron chi connectivity index (χ1n) is 6.83. The van der Waals surface area contributed by atoms with Crippen LogP contribution in [0.15, 0.2) is 34.2 Å². The maximum Gasteiger partial charge on any atom is 0.322 e. The number of sulfonamides is 1. The Morgan fingerprint density at radius 3 is 2.52 bits per heavy atom. The van der Waals surface area contributed by atoms with Gasteiger partial charge in [-0.1, -0.05) is 11.8 Å². The highest BCUT2D eigenvalue weighted by Crippen LogP contribution is 2.25. The van der Waals surface area contributed by atoms with Crippen molar-refractivity contribution in [2.75, 3.05) is 6.54 Å². The maximum absolute atomic E-state index is 11.8. The Hall–Kier alpha value is -2.44. The van der Waals surface area contributed by atoms with E-state index in [4.69, 9.17) is 10.2 Å². The number of carbonyl (C=O) groups excluding carboxylic acids is 2. The Morgan fingerprint density at radius 1 is 1.32 bits per heavy atom. The standard InChI is InChI=1S/C13H14N4O6S2/c14-25(22,23)8-3-1-7(2-4-8)16-13-17-12(21)9(24-13)5-10(18)15-6-11(19)20/h1-4,9H,5-6H2,(H,15,18)(H,19,20)(H2,14,22,23)(H,16,17,21)/t9-/m0/s1. The molecule has 2 amide bonds. The zero-order valence-electron chi connectivity index (χ0n) is 12.6. The van der Waals surface area contributed by atoms with Gasteiger partial charge in [-0.3, -0.25) is 14.4 Å². The molecule has 1 aromatic rings. The second kappa shape index (κ2) is 7.63. The molecule has 1 saturated heterocycles. The Balaban J connectivity index is 2.00. The van der Waals surface area contributed by atoms with Crippen LogP contribution in [-0.2, 0) is 24.4 Å². The van der Waals surface area contributed by atoms with Crippen LogP contribution >= 0.6 is 11.8 Å². The quantitative estimate of drug-likeness (QED) is 0.493. The van der Waals surface area contributed by atoms with Gasteiger partial charge in [-0.05, 0) is 24.3 Å². The van der Waals surface area contributed by atoms with Crippen LogP contribution < -0.4 is 15.8 Å². The van der Waals surface area contributed by atoms with Crippen molar-refractivity contribution in [2.45, 2.75) is 16.6 Å². The molecule has 1 atom stereocenters. The van der Waals surface area contributed by atoms with Crippen LogP contribution in [-0.4, -0.2) is 48.3 Å². The number of hydrogen-bond donors (Lipinski definition) is 4. The number of carbonyl (C=O) groups is 3. The third-order valence-electron chi connectivity index (χ3n) is 2.98. The van der Waals surface area contributed by atoms with Gasteiger partial charge in [-0.25, -0.2) is 18.5 Å². The fraction of sp³-hybridized carbons (Fsp3) is 0.231. The summed E-state index contributed by atoms with van der Waals surface area (Å²) in [7, 11) is -3.80. The molecule has 1 heterocycles. The van der Waals surface area contributed by atoms with Crippen molar-refractivity contribution in [2.24, 2.45) is 10.1 Å². The van der Waals surface area contributed by atoms with Gasteiger partial charge in [0.1, 0.15) is 11.8 Å². The number of nitrogens with two attached hydrogens (primary N) is 1. The fourth-order valence-electron chi connectivity index (χ4n) is 1.83. The lowest BCUT2D eigenvalue weighted by Crippen LogP contribution is -2.33. The number of primary sulfonamides is 1. The van der Waals surface area contributed by atoms with E-state index in [0.717, 1.165) is 11.8 Å². The first-order valence-corrected chi connectivity index (χ1v) is 9.25. The third-order valence-corrected chi connectivity index (χ3v) is 4.99. The van der Waals surface area contributed by atoms with Crippen molar-refractivity contribution in [1.29, 1.82) is 0 Å². The van der Waals surface area contributed by atoms with Crippen molar-refractivity contribution >= 4 is 50.4 Å². The van der Waals surface area contributed by atoms with Crippen LogP contribution in [0.5, 0.6) is 0 Å². The number of aliphatic carboxylic acids is 1. The minimum Gasteiger partial charge on any atom is -0.480 e. The molecule has 0 aromatic heterocycles. The average molecular weight is 386 g/mol. The highest BCUT2D eigenvalue weighted by atomic mass is 32.2. The summed E-state index contributed by atoms with van der Waals surface area (Å²) in [4.78, 5) is 37.9. The molecule has 134 valence electrons. The van der Waals surface area contributed by atoms with Crippen LogP contribution in [0.2, 0.25) is 0 Å². The highest BCUT2D eigenvalue weighted by molar-refractivity contribution is 8.15. The predicted octanol–water partition coefficient (Wildman–Crippen LogP) is -0.856. The van der Waals surface area contributed by atoms with E-state index >= 15 is 0 Å². The first-order chi connectivity index (χ1) is 11.6. The van der Waals surface area contributed by atoms with Crippen molar-refractivity contribution in [1.82, 2.24) is 10.6 Å². The summed E-state index contributed by atoms with van der Waals surface area (Å²) in [5.74, 6) is -2.16. The number of nitrogens with one attached hydrogen (secondary N) is 2. The lowest BCUT2D eigenvalue weighted by atomic mass is 10.2. The van der Waals surface area contributed by atoms with E-state index in [1.54, 1.807) is 0 Å². The third kappa shape index (κ3) is 5.55. The predicted molar refractivity (Wildman–Crippen MR) is 89.7 cm³/mol.